The normalized spacial score (nSPS) is 16.9. The lowest BCUT2D eigenvalue weighted by Crippen LogP contribution is -1.76. The maximum Gasteiger partial charge on any atom is -0.0310 e. The van der Waals surface area contributed by atoms with Gasteiger partial charge in [-0.05, 0) is 19.8 Å². The Hall–Kier alpha value is -0.560. The molecule has 0 radical (unpaired) electrons. The van der Waals surface area contributed by atoms with Crippen LogP contribution in [0.25, 0.3) is 0 Å². The molecule has 0 aliphatic heterocycles. The van der Waals surface area contributed by atoms with Crippen molar-refractivity contribution < 1.29 is 0 Å². The third kappa shape index (κ3) is 1.94. The van der Waals surface area contributed by atoms with Crippen molar-refractivity contribution in [3.63, 3.8) is 0 Å². The van der Waals surface area contributed by atoms with Crippen LogP contribution in [0.4, 0.5) is 0 Å². The lowest BCUT2D eigenvalue weighted by Gasteiger charge is -1.96. The molecule has 1 heteroatoms. The van der Waals surface area contributed by atoms with Crippen molar-refractivity contribution in [1.82, 2.24) is 6.15 Å². The molecule has 1 aliphatic carbocycles. The fraction of sp³-hybridized carbons (Fsp3) is 0.429. The van der Waals surface area contributed by atoms with Gasteiger partial charge in [0.05, 0.1) is 0 Å². The third-order valence-electron chi connectivity index (χ3n) is 1.18. The Morgan fingerprint density at radius 1 is 1.38 bits per heavy atom. The van der Waals surface area contributed by atoms with E-state index in [2.05, 4.69) is 25.2 Å². The minimum absolute atomic E-state index is 0. The van der Waals surface area contributed by atoms with Crippen molar-refractivity contribution in [2.75, 3.05) is 0 Å². The monoisotopic (exact) mass is 111 g/mol. The summed E-state index contributed by atoms with van der Waals surface area (Å²) < 4.78 is 0. The van der Waals surface area contributed by atoms with E-state index in [1.54, 1.807) is 0 Å². The van der Waals surface area contributed by atoms with Crippen LogP contribution >= 0.6 is 0 Å². The van der Waals surface area contributed by atoms with E-state index in [0.29, 0.717) is 0 Å². The summed E-state index contributed by atoms with van der Waals surface area (Å²) in [5.74, 6) is 0. The van der Waals surface area contributed by atoms with E-state index in [1.807, 2.05) is 0 Å². The Labute approximate surface area is 50.7 Å². The molecule has 0 fully saturated rings. The Morgan fingerprint density at radius 2 is 2.12 bits per heavy atom. The van der Waals surface area contributed by atoms with Crippen LogP contribution in [-0.4, -0.2) is 0 Å². The van der Waals surface area contributed by atoms with E-state index in [4.69, 9.17) is 0 Å². The van der Waals surface area contributed by atoms with E-state index >= 15 is 0 Å². The van der Waals surface area contributed by atoms with Gasteiger partial charge in [0.25, 0.3) is 0 Å². The molecular weight excluding hydrogens is 98.1 g/mol. The van der Waals surface area contributed by atoms with Gasteiger partial charge in [-0.2, -0.15) is 0 Å². The fourth-order valence-electron chi connectivity index (χ4n) is 0.744. The molecule has 0 spiro atoms. The SMILES string of the molecule is CC1=CCCC=C1.N. The first-order chi connectivity index (χ1) is 3.39. The van der Waals surface area contributed by atoms with Gasteiger partial charge in [0.1, 0.15) is 0 Å². The van der Waals surface area contributed by atoms with Crippen LogP contribution in [0.3, 0.4) is 0 Å². The van der Waals surface area contributed by atoms with Crippen molar-refractivity contribution in [1.29, 1.82) is 0 Å². The van der Waals surface area contributed by atoms with E-state index in [9.17, 15) is 0 Å². The maximum absolute atomic E-state index is 2.26. The lowest BCUT2D eigenvalue weighted by molar-refractivity contribution is 1.02. The Kier molecular flexibility index (Phi) is 3.20. The number of hydrogen-bond acceptors (Lipinski definition) is 1. The number of hydrogen-bond donors (Lipinski definition) is 1. The summed E-state index contributed by atoms with van der Waals surface area (Å²) in [7, 11) is 0. The average molecular weight is 111 g/mol. The van der Waals surface area contributed by atoms with Crippen LogP contribution in [-0.2, 0) is 0 Å². The van der Waals surface area contributed by atoms with Gasteiger partial charge in [-0.1, -0.05) is 23.8 Å². The zero-order valence-corrected chi connectivity index (χ0v) is 5.35. The zero-order chi connectivity index (χ0) is 5.11. The van der Waals surface area contributed by atoms with Crippen LogP contribution in [0.1, 0.15) is 19.8 Å². The Morgan fingerprint density at radius 3 is 2.38 bits per heavy atom. The number of rotatable bonds is 0. The van der Waals surface area contributed by atoms with E-state index in [1.165, 1.54) is 18.4 Å². The standard InChI is InChI=1S/C7H10.H3N/c1-7-5-3-2-4-6-7;/h3,5-6H,2,4H2,1H3;1H3. The van der Waals surface area contributed by atoms with Crippen LogP contribution in [0, 0.1) is 0 Å². The van der Waals surface area contributed by atoms with E-state index in [0.717, 1.165) is 0 Å². The first-order valence-electron chi connectivity index (χ1n) is 2.73. The van der Waals surface area contributed by atoms with Crippen LogP contribution in [0.2, 0.25) is 0 Å². The molecule has 0 heterocycles. The molecule has 0 unspecified atom stereocenters. The van der Waals surface area contributed by atoms with Gasteiger partial charge >= 0.3 is 0 Å². The van der Waals surface area contributed by atoms with Crippen LogP contribution in [0.15, 0.2) is 23.8 Å². The van der Waals surface area contributed by atoms with E-state index < -0.39 is 0 Å². The highest BCUT2D eigenvalue weighted by molar-refractivity contribution is 5.18. The van der Waals surface area contributed by atoms with Gasteiger partial charge < -0.3 is 6.15 Å². The lowest BCUT2D eigenvalue weighted by atomic mass is 10.1. The molecule has 0 aromatic heterocycles. The predicted octanol–water partition coefficient (Wildman–Crippen LogP) is 2.44. The molecule has 1 nitrogen and oxygen atoms in total. The Balaban J connectivity index is 0.000000490. The second-order valence-corrected chi connectivity index (χ2v) is 1.93. The van der Waals surface area contributed by atoms with Crippen molar-refractivity contribution in [3.05, 3.63) is 23.8 Å². The fourth-order valence-corrected chi connectivity index (χ4v) is 0.744. The third-order valence-corrected chi connectivity index (χ3v) is 1.18. The largest absolute Gasteiger partial charge is 0.344 e. The molecule has 0 saturated carbocycles. The summed E-state index contributed by atoms with van der Waals surface area (Å²) in [5, 5.41) is 0. The molecule has 0 amide bonds. The molecular formula is C7H13N. The first kappa shape index (κ1) is 7.44. The molecule has 1 rings (SSSR count). The summed E-state index contributed by atoms with van der Waals surface area (Å²) in [5.41, 5.74) is 1.41. The van der Waals surface area contributed by atoms with Crippen molar-refractivity contribution in [3.8, 4) is 0 Å². The molecule has 3 N–H and O–H groups in total. The minimum atomic E-state index is 0. The summed E-state index contributed by atoms with van der Waals surface area (Å²) in [6.07, 6.45) is 9.12. The van der Waals surface area contributed by atoms with Crippen molar-refractivity contribution in [2.24, 2.45) is 0 Å². The zero-order valence-electron chi connectivity index (χ0n) is 5.35. The maximum atomic E-state index is 2.26. The molecule has 0 bridgehead atoms. The highest BCUT2D eigenvalue weighted by Crippen LogP contribution is 2.06. The predicted molar refractivity (Wildman–Crippen MR) is 37.2 cm³/mol. The average Bonchev–Trinajstić information content (AvgIpc) is 1.69. The van der Waals surface area contributed by atoms with Crippen molar-refractivity contribution in [2.45, 2.75) is 19.8 Å². The topological polar surface area (TPSA) is 35.0 Å². The molecule has 0 aromatic rings. The molecule has 1 aliphatic rings. The molecule has 8 heavy (non-hydrogen) atoms. The van der Waals surface area contributed by atoms with Gasteiger partial charge in [-0.3, -0.25) is 0 Å². The van der Waals surface area contributed by atoms with Gasteiger partial charge in [0, 0.05) is 0 Å². The quantitative estimate of drug-likeness (QED) is 0.512. The van der Waals surface area contributed by atoms with Gasteiger partial charge in [-0.25, -0.2) is 0 Å². The van der Waals surface area contributed by atoms with Crippen LogP contribution in [0.5, 0.6) is 0 Å². The summed E-state index contributed by atoms with van der Waals surface area (Å²) in [6.45, 7) is 2.13. The first-order valence-corrected chi connectivity index (χ1v) is 2.73. The van der Waals surface area contributed by atoms with Gasteiger partial charge in [0.15, 0.2) is 0 Å². The van der Waals surface area contributed by atoms with Crippen molar-refractivity contribution >= 4 is 0 Å². The summed E-state index contributed by atoms with van der Waals surface area (Å²) >= 11 is 0. The second-order valence-electron chi connectivity index (χ2n) is 1.93. The van der Waals surface area contributed by atoms with Gasteiger partial charge in [0.2, 0.25) is 0 Å². The smallest absolute Gasteiger partial charge is 0.0310 e. The highest BCUT2D eigenvalue weighted by Gasteiger charge is 1.86. The minimum Gasteiger partial charge on any atom is -0.344 e. The molecule has 46 valence electrons. The highest BCUT2D eigenvalue weighted by atomic mass is 14.0. The summed E-state index contributed by atoms with van der Waals surface area (Å²) in [4.78, 5) is 0. The molecule has 0 atom stereocenters. The molecule has 0 aromatic carbocycles. The van der Waals surface area contributed by atoms with E-state index in [-0.39, 0.29) is 6.15 Å². The van der Waals surface area contributed by atoms with Crippen LogP contribution < -0.4 is 6.15 Å². The second kappa shape index (κ2) is 3.44. The number of allylic oxidation sites excluding steroid dienone is 4. The summed E-state index contributed by atoms with van der Waals surface area (Å²) in [6, 6.07) is 0. The molecule has 0 saturated heterocycles. The van der Waals surface area contributed by atoms with Gasteiger partial charge in [-0.15, -0.1) is 0 Å². The Bertz CT molecular complexity index is 112.